The summed E-state index contributed by atoms with van der Waals surface area (Å²) in [4.78, 5) is 4.52. The van der Waals surface area contributed by atoms with Gasteiger partial charge < -0.3 is 28.6 Å². The number of benzene rings is 1. The summed E-state index contributed by atoms with van der Waals surface area (Å²) < 4.78 is 24.8. The van der Waals surface area contributed by atoms with Gasteiger partial charge in [0.25, 0.3) is 0 Å². The first-order chi connectivity index (χ1) is 18.2. The number of imidazole rings is 1. The van der Waals surface area contributed by atoms with Crippen LogP contribution in [0.15, 0.2) is 47.2 Å². The van der Waals surface area contributed by atoms with E-state index in [2.05, 4.69) is 27.3 Å². The van der Waals surface area contributed by atoms with Gasteiger partial charge in [0.2, 0.25) is 0 Å². The van der Waals surface area contributed by atoms with Crippen LogP contribution < -0.4 is 5.32 Å². The smallest absolute Gasteiger partial charge is 0.167 e. The van der Waals surface area contributed by atoms with E-state index in [1.807, 2.05) is 48.0 Å². The Morgan fingerprint density at radius 2 is 2.03 bits per heavy atom. The molecule has 1 saturated carbocycles. The molecule has 0 bridgehead atoms. The van der Waals surface area contributed by atoms with Gasteiger partial charge in [0.1, 0.15) is 17.6 Å². The number of nitrogens with one attached hydrogen (secondary N) is 1. The molecule has 0 radical (unpaired) electrons. The van der Waals surface area contributed by atoms with Gasteiger partial charge in [0, 0.05) is 48.2 Å². The van der Waals surface area contributed by atoms with Crippen molar-refractivity contribution in [2.24, 2.45) is 5.92 Å². The SMILES string of the molecule is C[C@H](OC1CCCCO1)c1nccn1Cc1cc(-c2ccc(C#CC3CC(NC4COC4)C3)cc2)on1. The highest BCUT2D eigenvalue weighted by Gasteiger charge is 2.31. The number of rotatable bonds is 8. The highest BCUT2D eigenvalue weighted by molar-refractivity contribution is 5.59. The molecular formula is C29H34N4O4. The Morgan fingerprint density at radius 3 is 2.78 bits per heavy atom. The summed E-state index contributed by atoms with van der Waals surface area (Å²) in [6.45, 7) is 5.03. The Balaban J connectivity index is 1.03. The largest absolute Gasteiger partial charge is 0.378 e. The molecule has 37 heavy (non-hydrogen) atoms. The topological polar surface area (TPSA) is 83.6 Å². The van der Waals surface area contributed by atoms with Gasteiger partial charge in [-0.05, 0) is 63.3 Å². The molecule has 0 amide bonds. The fraction of sp³-hybridized carbons (Fsp3) is 0.517. The van der Waals surface area contributed by atoms with E-state index in [-0.39, 0.29) is 12.4 Å². The molecule has 8 heteroatoms. The molecule has 3 aliphatic rings. The highest BCUT2D eigenvalue weighted by atomic mass is 16.7. The number of hydrogen-bond acceptors (Lipinski definition) is 7. The maximum atomic E-state index is 6.10. The minimum atomic E-state index is -0.169. The van der Waals surface area contributed by atoms with Crippen LogP contribution in [0.4, 0.5) is 0 Å². The van der Waals surface area contributed by atoms with E-state index in [9.17, 15) is 0 Å². The first kappa shape index (κ1) is 24.4. The van der Waals surface area contributed by atoms with Crippen LogP contribution in [0.1, 0.15) is 62.2 Å². The van der Waals surface area contributed by atoms with Crippen molar-refractivity contribution in [3.05, 3.63) is 59.8 Å². The standard InChI is InChI=1S/C29H34N4O4/c1-20(36-28-4-2-3-13-35-28)29-30-11-12-33(29)17-25-16-27(37-32-25)23-9-7-21(8-10-23)5-6-22-14-24(15-22)31-26-18-34-19-26/h7-12,16,20,22,24,26,28,31H,2-4,13-15,17-19H2,1H3/t20-,22?,24?,28?/m0/s1. The van der Waals surface area contributed by atoms with Crippen LogP contribution in [-0.4, -0.2) is 52.9 Å². The van der Waals surface area contributed by atoms with Gasteiger partial charge in [0.15, 0.2) is 12.1 Å². The molecule has 1 aliphatic carbocycles. The van der Waals surface area contributed by atoms with Crippen molar-refractivity contribution >= 4 is 0 Å². The van der Waals surface area contributed by atoms with Crippen LogP contribution >= 0.6 is 0 Å². The van der Waals surface area contributed by atoms with E-state index in [4.69, 9.17) is 18.7 Å². The summed E-state index contributed by atoms with van der Waals surface area (Å²) in [5.41, 5.74) is 2.84. The monoisotopic (exact) mass is 502 g/mol. The van der Waals surface area contributed by atoms with Crippen molar-refractivity contribution < 1.29 is 18.7 Å². The first-order valence-electron chi connectivity index (χ1n) is 13.4. The van der Waals surface area contributed by atoms with E-state index >= 15 is 0 Å². The fourth-order valence-corrected chi connectivity index (χ4v) is 5.06. The highest BCUT2D eigenvalue weighted by Crippen LogP contribution is 2.28. The molecule has 2 saturated heterocycles. The van der Waals surface area contributed by atoms with Crippen LogP contribution in [0.2, 0.25) is 0 Å². The molecule has 8 nitrogen and oxygen atoms in total. The summed E-state index contributed by atoms with van der Waals surface area (Å²) in [5.74, 6) is 8.82. The second kappa shape index (κ2) is 11.2. The number of ether oxygens (including phenoxy) is 3. The van der Waals surface area contributed by atoms with Crippen LogP contribution in [0, 0.1) is 17.8 Å². The summed E-state index contributed by atoms with van der Waals surface area (Å²) in [5, 5.41) is 7.91. The lowest BCUT2D eigenvalue weighted by Gasteiger charge is -2.38. The predicted molar refractivity (Wildman–Crippen MR) is 137 cm³/mol. The summed E-state index contributed by atoms with van der Waals surface area (Å²) in [7, 11) is 0. The third-order valence-electron chi connectivity index (χ3n) is 7.33. The average Bonchev–Trinajstić information content (AvgIpc) is 3.53. The molecule has 3 fully saturated rings. The van der Waals surface area contributed by atoms with Crippen molar-refractivity contribution in [3.8, 4) is 23.2 Å². The Hall–Kier alpha value is -2.96. The molecule has 1 aromatic carbocycles. The Bertz CT molecular complexity index is 1220. The molecule has 4 heterocycles. The van der Waals surface area contributed by atoms with Gasteiger partial charge in [0.05, 0.1) is 25.8 Å². The first-order valence-corrected chi connectivity index (χ1v) is 13.4. The maximum absolute atomic E-state index is 6.10. The fourth-order valence-electron chi connectivity index (χ4n) is 5.06. The quantitative estimate of drug-likeness (QED) is 0.460. The van der Waals surface area contributed by atoms with Crippen molar-refractivity contribution in [2.45, 2.75) is 70.1 Å². The molecule has 1 unspecified atom stereocenters. The average molecular weight is 503 g/mol. The minimum Gasteiger partial charge on any atom is -0.378 e. The van der Waals surface area contributed by atoms with Gasteiger partial charge in [-0.2, -0.15) is 0 Å². The van der Waals surface area contributed by atoms with E-state index in [1.54, 1.807) is 6.20 Å². The molecular weight excluding hydrogens is 468 g/mol. The Morgan fingerprint density at radius 1 is 1.16 bits per heavy atom. The van der Waals surface area contributed by atoms with Crippen LogP contribution in [0.25, 0.3) is 11.3 Å². The predicted octanol–water partition coefficient (Wildman–Crippen LogP) is 4.31. The lowest BCUT2D eigenvalue weighted by Crippen LogP contribution is -2.54. The third-order valence-corrected chi connectivity index (χ3v) is 7.33. The van der Waals surface area contributed by atoms with Gasteiger partial charge in [-0.3, -0.25) is 0 Å². The molecule has 6 rings (SSSR count). The lowest BCUT2D eigenvalue weighted by atomic mass is 9.80. The van der Waals surface area contributed by atoms with Crippen molar-refractivity contribution in [2.75, 3.05) is 19.8 Å². The molecule has 2 aromatic heterocycles. The van der Waals surface area contributed by atoms with Crippen LogP contribution in [0.5, 0.6) is 0 Å². The molecule has 194 valence electrons. The second-order valence-corrected chi connectivity index (χ2v) is 10.3. The molecule has 2 atom stereocenters. The van der Waals surface area contributed by atoms with E-state index < -0.39 is 0 Å². The van der Waals surface area contributed by atoms with Crippen LogP contribution in [-0.2, 0) is 20.8 Å². The summed E-state index contributed by atoms with van der Waals surface area (Å²) in [6, 6.07) is 11.3. The van der Waals surface area contributed by atoms with Crippen molar-refractivity contribution in [1.29, 1.82) is 0 Å². The molecule has 1 N–H and O–H groups in total. The Labute approximate surface area is 217 Å². The number of nitrogens with zero attached hydrogens (tertiary/aromatic N) is 3. The molecule has 2 aliphatic heterocycles. The van der Waals surface area contributed by atoms with Gasteiger partial charge in [-0.1, -0.05) is 17.0 Å². The maximum Gasteiger partial charge on any atom is 0.167 e. The van der Waals surface area contributed by atoms with Crippen molar-refractivity contribution in [3.63, 3.8) is 0 Å². The van der Waals surface area contributed by atoms with Crippen molar-refractivity contribution in [1.82, 2.24) is 20.0 Å². The summed E-state index contributed by atoms with van der Waals surface area (Å²) >= 11 is 0. The number of aromatic nitrogens is 3. The van der Waals surface area contributed by atoms with E-state index in [0.717, 1.165) is 80.3 Å². The molecule has 0 spiro atoms. The normalized spacial score (nSPS) is 24.5. The lowest BCUT2D eigenvalue weighted by molar-refractivity contribution is -0.188. The van der Waals surface area contributed by atoms with Crippen LogP contribution in [0.3, 0.4) is 0 Å². The third kappa shape index (κ3) is 5.97. The zero-order chi connectivity index (χ0) is 25.0. The Kier molecular flexibility index (Phi) is 7.38. The van der Waals surface area contributed by atoms with E-state index in [1.165, 1.54) is 0 Å². The minimum absolute atomic E-state index is 0.157. The number of hydrogen-bond donors (Lipinski definition) is 1. The molecule has 3 aromatic rings. The van der Waals surface area contributed by atoms with Gasteiger partial charge >= 0.3 is 0 Å². The second-order valence-electron chi connectivity index (χ2n) is 10.3. The summed E-state index contributed by atoms with van der Waals surface area (Å²) in [6.07, 6.45) is 8.83. The zero-order valence-electron chi connectivity index (χ0n) is 21.3. The van der Waals surface area contributed by atoms with Gasteiger partial charge in [-0.15, -0.1) is 0 Å². The van der Waals surface area contributed by atoms with E-state index in [0.29, 0.717) is 24.5 Å². The van der Waals surface area contributed by atoms with Gasteiger partial charge in [-0.25, -0.2) is 4.98 Å². The zero-order valence-corrected chi connectivity index (χ0v) is 21.3.